The number of hydrogen-bond acceptors (Lipinski definition) is 2. The first-order chi connectivity index (χ1) is 8.02. The van der Waals surface area contributed by atoms with Crippen LogP contribution < -0.4 is 0 Å². The molecule has 0 radical (unpaired) electrons. The first kappa shape index (κ1) is 13.8. The van der Waals surface area contributed by atoms with Gasteiger partial charge < -0.3 is 10.2 Å². The second-order valence-corrected chi connectivity index (χ2v) is 4.84. The highest BCUT2D eigenvalue weighted by atomic mass is 127. The normalized spacial score (nSPS) is 9.35. The number of benzene rings is 2. The quantitative estimate of drug-likeness (QED) is 0.711. The van der Waals surface area contributed by atoms with Crippen molar-refractivity contribution in [3.8, 4) is 11.5 Å². The number of phenolic OH excluding ortho intramolecular Hbond substituents is 2. The lowest BCUT2D eigenvalue weighted by Gasteiger charge is -2.03. The van der Waals surface area contributed by atoms with Gasteiger partial charge >= 0.3 is 0 Å². The van der Waals surface area contributed by atoms with Crippen molar-refractivity contribution in [1.29, 1.82) is 0 Å². The molecule has 0 aromatic heterocycles. The zero-order valence-corrected chi connectivity index (χ0v) is 12.0. The van der Waals surface area contributed by atoms with E-state index in [0.717, 1.165) is 14.7 Å². The predicted octanol–water partition coefficient (Wildman–Crippen LogP) is 4.01. The molecule has 0 aliphatic rings. The predicted molar refractivity (Wildman–Crippen MR) is 78.4 cm³/mol. The van der Waals surface area contributed by atoms with Crippen molar-refractivity contribution in [2.24, 2.45) is 0 Å². The first-order valence-corrected chi connectivity index (χ1v) is 6.29. The zero-order chi connectivity index (χ0) is 12.8. The molecule has 0 atom stereocenters. The Morgan fingerprint density at radius 3 is 1.88 bits per heavy atom. The van der Waals surface area contributed by atoms with Crippen LogP contribution in [-0.4, -0.2) is 10.2 Å². The van der Waals surface area contributed by atoms with Gasteiger partial charge in [0.2, 0.25) is 0 Å². The molecular formula is C14H15IO2. The van der Waals surface area contributed by atoms with E-state index in [1.807, 2.05) is 32.0 Å². The van der Waals surface area contributed by atoms with Gasteiger partial charge in [-0.3, -0.25) is 0 Å². The highest BCUT2D eigenvalue weighted by molar-refractivity contribution is 14.1. The summed E-state index contributed by atoms with van der Waals surface area (Å²) in [5, 5.41) is 18.0. The lowest BCUT2D eigenvalue weighted by Crippen LogP contribution is -1.83. The van der Waals surface area contributed by atoms with Gasteiger partial charge in [0.15, 0.2) is 0 Å². The second kappa shape index (κ2) is 6.49. The fourth-order valence-electron chi connectivity index (χ4n) is 1.24. The first-order valence-electron chi connectivity index (χ1n) is 5.21. The van der Waals surface area contributed by atoms with Gasteiger partial charge in [-0.15, -0.1) is 0 Å². The average molecular weight is 342 g/mol. The van der Waals surface area contributed by atoms with Gasteiger partial charge in [-0.05, 0) is 60.2 Å². The molecule has 2 nitrogen and oxygen atoms in total. The summed E-state index contributed by atoms with van der Waals surface area (Å²) >= 11 is 2.21. The maximum Gasteiger partial charge on any atom is 0.122 e. The van der Waals surface area contributed by atoms with Crippen LogP contribution in [0.3, 0.4) is 0 Å². The Hall–Kier alpha value is -1.23. The van der Waals surface area contributed by atoms with Crippen LogP contribution >= 0.6 is 22.6 Å². The van der Waals surface area contributed by atoms with E-state index in [4.69, 9.17) is 5.11 Å². The Kier molecular flexibility index (Phi) is 5.28. The SMILES string of the molecule is Cc1ccc(I)c(C)c1O.Oc1ccccc1. The lowest BCUT2D eigenvalue weighted by atomic mass is 10.1. The summed E-state index contributed by atoms with van der Waals surface area (Å²) in [7, 11) is 0. The highest BCUT2D eigenvalue weighted by Gasteiger charge is 2.01. The molecule has 0 saturated heterocycles. The van der Waals surface area contributed by atoms with Crippen molar-refractivity contribution in [1.82, 2.24) is 0 Å². The molecule has 3 heteroatoms. The van der Waals surface area contributed by atoms with Gasteiger partial charge in [0.1, 0.15) is 11.5 Å². The van der Waals surface area contributed by atoms with E-state index in [1.165, 1.54) is 0 Å². The summed E-state index contributed by atoms with van der Waals surface area (Å²) in [5.41, 5.74) is 1.92. The summed E-state index contributed by atoms with van der Waals surface area (Å²) in [6.07, 6.45) is 0. The molecule has 17 heavy (non-hydrogen) atoms. The van der Waals surface area contributed by atoms with Crippen LogP contribution in [0.4, 0.5) is 0 Å². The fraction of sp³-hybridized carbons (Fsp3) is 0.143. The molecule has 0 aliphatic carbocycles. The van der Waals surface area contributed by atoms with Gasteiger partial charge in [-0.25, -0.2) is 0 Å². The van der Waals surface area contributed by atoms with E-state index in [-0.39, 0.29) is 0 Å². The Bertz CT molecular complexity index is 454. The number of phenols is 2. The third-order valence-corrected chi connectivity index (χ3v) is 3.49. The van der Waals surface area contributed by atoms with Crippen molar-refractivity contribution in [2.45, 2.75) is 13.8 Å². The molecule has 0 bridgehead atoms. The molecule has 90 valence electrons. The van der Waals surface area contributed by atoms with E-state index in [9.17, 15) is 5.11 Å². The lowest BCUT2D eigenvalue weighted by molar-refractivity contribution is 0.466. The smallest absolute Gasteiger partial charge is 0.122 e. The molecule has 0 amide bonds. The maximum absolute atomic E-state index is 9.38. The van der Waals surface area contributed by atoms with Gasteiger partial charge in [0.25, 0.3) is 0 Å². The Morgan fingerprint density at radius 1 is 0.882 bits per heavy atom. The number of aryl methyl sites for hydroxylation is 1. The van der Waals surface area contributed by atoms with Gasteiger partial charge in [-0.2, -0.15) is 0 Å². The van der Waals surface area contributed by atoms with Gasteiger partial charge in [0.05, 0.1) is 0 Å². The molecule has 0 spiro atoms. The molecule has 0 heterocycles. The van der Waals surface area contributed by atoms with Crippen molar-refractivity contribution in [3.05, 3.63) is 57.2 Å². The largest absolute Gasteiger partial charge is 0.508 e. The van der Waals surface area contributed by atoms with E-state index >= 15 is 0 Å². The average Bonchev–Trinajstić information content (AvgIpc) is 2.33. The third-order valence-electron chi connectivity index (χ3n) is 2.32. The number of para-hydroxylation sites is 1. The minimum atomic E-state index is 0.322. The second-order valence-electron chi connectivity index (χ2n) is 3.67. The van der Waals surface area contributed by atoms with Crippen LogP contribution in [0.25, 0.3) is 0 Å². The summed E-state index contributed by atoms with van der Waals surface area (Å²) in [6.45, 7) is 3.82. The molecule has 0 fully saturated rings. The van der Waals surface area contributed by atoms with Crippen molar-refractivity contribution < 1.29 is 10.2 Å². The van der Waals surface area contributed by atoms with Gasteiger partial charge in [-0.1, -0.05) is 24.3 Å². The molecule has 2 aromatic carbocycles. The minimum Gasteiger partial charge on any atom is -0.508 e. The van der Waals surface area contributed by atoms with Crippen LogP contribution in [0, 0.1) is 17.4 Å². The molecule has 2 rings (SSSR count). The van der Waals surface area contributed by atoms with Crippen molar-refractivity contribution >= 4 is 22.6 Å². The zero-order valence-electron chi connectivity index (χ0n) is 9.81. The van der Waals surface area contributed by atoms with Crippen LogP contribution in [0.2, 0.25) is 0 Å². The van der Waals surface area contributed by atoms with E-state index in [0.29, 0.717) is 11.5 Å². The molecule has 2 N–H and O–H groups in total. The molecule has 2 aromatic rings. The maximum atomic E-state index is 9.38. The highest BCUT2D eigenvalue weighted by Crippen LogP contribution is 2.24. The molecule has 0 unspecified atom stereocenters. The van der Waals surface area contributed by atoms with Crippen molar-refractivity contribution in [2.75, 3.05) is 0 Å². The van der Waals surface area contributed by atoms with Crippen LogP contribution in [0.15, 0.2) is 42.5 Å². The summed E-state index contributed by atoms with van der Waals surface area (Å²) in [6, 6.07) is 12.6. The Balaban J connectivity index is 0.000000181. The third kappa shape index (κ3) is 4.26. The van der Waals surface area contributed by atoms with Crippen LogP contribution in [-0.2, 0) is 0 Å². The Morgan fingerprint density at radius 2 is 1.47 bits per heavy atom. The summed E-state index contributed by atoms with van der Waals surface area (Å²) in [5.74, 6) is 0.745. The van der Waals surface area contributed by atoms with E-state index in [2.05, 4.69) is 22.6 Å². The van der Waals surface area contributed by atoms with Crippen LogP contribution in [0.5, 0.6) is 11.5 Å². The van der Waals surface area contributed by atoms with Crippen LogP contribution in [0.1, 0.15) is 11.1 Å². The summed E-state index contributed by atoms with van der Waals surface area (Å²) < 4.78 is 1.11. The number of aromatic hydroxyl groups is 2. The number of halogens is 1. The number of rotatable bonds is 0. The standard InChI is InChI=1S/C8H9IO.C6H6O/c1-5-3-4-7(9)6(2)8(5)10;7-6-4-2-1-3-5-6/h3-4,10H,1-2H3;1-5,7H. The monoisotopic (exact) mass is 342 g/mol. The van der Waals surface area contributed by atoms with E-state index < -0.39 is 0 Å². The van der Waals surface area contributed by atoms with Crippen molar-refractivity contribution in [3.63, 3.8) is 0 Å². The molecule has 0 aliphatic heterocycles. The topological polar surface area (TPSA) is 40.5 Å². The van der Waals surface area contributed by atoms with E-state index in [1.54, 1.807) is 24.3 Å². The summed E-state index contributed by atoms with van der Waals surface area (Å²) in [4.78, 5) is 0. The molecule has 0 saturated carbocycles. The molecular weight excluding hydrogens is 327 g/mol. The minimum absolute atomic E-state index is 0.322. The number of hydrogen-bond donors (Lipinski definition) is 2. The Labute approximate surface area is 115 Å². The van der Waals surface area contributed by atoms with Gasteiger partial charge in [0, 0.05) is 9.13 Å². The fourth-order valence-corrected chi connectivity index (χ4v) is 1.67.